The van der Waals surface area contributed by atoms with Crippen molar-refractivity contribution >= 4 is 5.78 Å². The molecule has 0 aliphatic heterocycles. The third-order valence-corrected chi connectivity index (χ3v) is 3.62. The smallest absolute Gasteiger partial charge is 0.166 e. The fourth-order valence-electron chi connectivity index (χ4n) is 2.23. The van der Waals surface area contributed by atoms with Gasteiger partial charge in [0.1, 0.15) is 5.75 Å². The number of hydrogen-bond acceptors (Lipinski definition) is 2. The molecule has 0 fully saturated rings. The number of aryl methyl sites for hydroxylation is 3. The minimum Gasteiger partial charge on any atom is -0.496 e. The van der Waals surface area contributed by atoms with Crippen molar-refractivity contribution in [3.63, 3.8) is 0 Å². The summed E-state index contributed by atoms with van der Waals surface area (Å²) >= 11 is 0. The molecule has 2 heteroatoms. The van der Waals surface area contributed by atoms with E-state index < -0.39 is 0 Å². The molecule has 0 atom stereocenters. The van der Waals surface area contributed by atoms with Crippen LogP contribution in [-0.2, 0) is 6.42 Å². The van der Waals surface area contributed by atoms with Crippen molar-refractivity contribution in [2.24, 2.45) is 0 Å². The van der Waals surface area contributed by atoms with Crippen LogP contribution in [0, 0.1) is 13.8 Å². The molecule has 0 radical (unpaired) electrons. The quantitative estimate of drug-likeness (QED) is 0.762. The molecule has 2 rings (SSSR count). The molecule has 0 N–H and O–H groups in total. The maximum Gasteiger partial charge on any atom is 0.166 e. The molecular weight excluding hydrogens is 248 g/mol. The first-order chi connectivity index (χ1) is 9.61. The van der Waals surface area contributed by atoms with Crippen molar-refractivity contribution < 1.29 is 9.53 Å². The van der Waals surface area contributed by atoms with Gasteiger partial charge in [-0.15, -0.1) is 0 Å². The summed E-state index contributed by atoms with van der Waals surface area (Å²) in [5.74, 6) is 0.776. The van der Waals surface area contributed by atoms with Crippen molar-refractivity contribution in [2.45, 2.75) is 26.7 Å². The summed E-state index contributed by atoms with van der Waals surface area (Å²) < 4.78 is 5.23. The number of carbonyl (C=O) groups excluding carboxylic acids is 1. The zero-order chi connectivity index (χ0) is 14.5. The van der Waals surface area contributed by atoms with Crippen LogP contribution in [0.2, 0.25) is 0 Å². The number of ketones is 1. The maximum absolute atomic E-state index is 12.3. The molecule has 0 saturated carbocycles. The Morgan fingerprint density at radius 1 is 1.05 bits per heavy atom. The third-order valence-electron chi connectivity index (χ3n) is 3.62. The molecule has 0 aliphatic carbocycles. The van der Waals surface area contributed by atoms with Gasteiger partial charge in [0.15, 0.2) is 5.78 Å². The number of ether oxygens (including phenoxy) is 1. The second-order valence-electron chi connectivity index (χ2n) is 5.04. The summed E-state index contributed by atoms with van der Waals surface area (Å²) in [6.45, 7) is 4.19. The Morgan fingerprint density at radius 3 is 2.50 bits per heavy atom. The topological polar surface area (TPSA) is 26.3 Å². The molecule has 0 heterocycles. The van der Waals surface area contributed by atoms with E-state index in [0.29, 0.717) is 17.7 Å². The standard InChI is InChI=1S/C18H20O2/c1-13-8-9-15(12-14(13)2)10-11-17(19)16-6-4-5-7-18(16)20-3/h4-9,12H,10-11H2,1-3H3. The van der Waals surface area contributed by atoms with Gasteiger partial charge in [0, 0.05) is 6.42 Å². The molecule has 104 valence electrons. The predicted molar refractivity (Wildman–Crippen MR) is 81.6 cm³/mol. The number of Topliss-reactive ketones (excluding diaryl/α,β-unsaturated/α-hetero) is 1. The highest BCUT2D eigenvalue weighted by Gasteiger charge is 2.11. The number of methoxy groups -OCH3 is 1. The number of hydrogen-bond donors (Lipinski definition) is 0. The van der Waals surface area contributed by atoms with Gasteiger partial charge in [-0.1, -0.05) is 30.3 Å². The third kappa shape index (κ3) is 3.27. The van der Waals surface area contributed by atoms with E-state index in [-0.39, 0.29) is 5.78 Å². The molecule has 0 aliphatic rings. The number of para-hydroxylation sites is 1. The Bertz CT molecular complexity index is 615. The van der Waals surface area contributed by atoms with E-state index in [2.05, 4.69) is 32.0 Å². The van der Waals surface area contributed by atoms with Crippen LogP contribution in [-0.4, -0.2) is 12.9 Å². The van der Waals surface area contributed by atoms with Crippen LogP contribution in [0.3, 0.4) is 0 Å². The van der Waals surface area contributed by atoms with Crippen molar-refractivity contribution in [1.29, 1.82) is 0 Å². The number of benzene rings is 2. The van der Waals surface area contributed by atoms with Crippen LogP contribution in [0.15, 0.2) is 42.5 Å². The highest BCUT2D eigenvalue weighted by Crippen LogP contribution is 2.20. The van der Waals surface area contributed by atoms with Gasteiger partial charge < -0.3 is 4.74 Å². The van der Waals surface area contributed by atoms with E-state index in [4.69, 9.17) is 4.74 Å². The summed E-state index contributed by atoms with van der Waals surface area (Å²) in [7, 11) is 1.59. The fraction of sp³-hybridized carbons (Fsp3) is 0.278. The van der Waals surface area contributed by atoms with Gasteiger partial charge in [-0.2, -0.15) is 0 Å². The Labute approximate surface area is 120 Å². The van der Waals surface area contributed by atoms with Gasteiger partial charge in [-0.05, 0) is 49.1 Å². The predicted octanol–water partition coefficient (Wildman–Crippen LogP) is 4.13. The fourth-order valence-corrected chi connectivity index (χ4v) is 2.23. The largest absolute Gasteiger partial charge is 0.496 e. The van der Waals surface area contributed by atoms with Crippen molar-refractivity contribution in [1.82, 2.24) is 0 Å². The van der Waals surface area contributed by atoms with Crippen LogP contribution >= 0.6 is 0 Å². The highest BCUT2D eigenvalue weighted by atomic mass is 16.5. The minimum atomic E-state index is 0.126. The Balaban J connectivity index is 2.06. The molecule has 0 spiro atoms. The zero-order valence-electron chi connectivity index (χ0n) is 12.3. The van der Waals surface area contributed by atoms with Gasteiger partial charge >= 0.3 is 0 Å². The summed E-state index contributed by atoms with van der Waals surface area (Å²) in [6, 6.07) is 13.7. The van der Waals surface area contributed by atoms with E-state index in [1.807, 2.05) is 24.3 Å². The zero-order valence-corrected chi connectivity index (χ0v) is 12.3. The van der Waals surface area contributed by atoms with Gasteiger partial charge in [0.05, 0.1) is 12.7 Å². The molecule has 2 nitrogen and oxygen atoms in total. The molecule has 2 aromatic rings. The maximum atomic E-state index is 12.3. The molecule has 0 bridgehead atoms. The average molecular weight is 268 g/mol. The summed E-state index contributed by atoms with van der Waals surface area (Å²) in [5, 5.41) is 0. The monoisotopic (exact) mass is 268 g/mol. The SMILES string of the molecule is COc1ccccc1C(=O)CCc1ccc(C)c(C)c1. The van der Waals surface area contributed by atoms with E-state index in [0.717, 1.165) is 6.42 Å². The second-order valence-corrected chi connectivity index (χ2v) is 5.04. The number of rotatable bonds is 5. The van der Waals surface area contributed by atoms with E-state index in [1.54, 1.807) is 7.11 Å². The molecular formula is C18H20O2. The Hall–Kier alpha value is -2.09. The van der Waals surface area contributed by atoms with Crippen LogP contribution in [0.1, 0.15) is 33.5 Å². The lowest BCUT2D eigenvalue weighted by atomic mass is 9.99. The van der Waals surface area contributed by atoms with Crippen LogP contribution in [0.25, 0.3) is 0 Å². The van der Waals surface area contributed by atoms with Crippen LogP contribution in [0.4, 0.5) is 0 Å². The Morgan fingerprint density at radius 2 is 1.80 bits per heavy atom. The summed E-state index contributed by atoms with van der Waals surface area (Å²) in [5.41, 5.74) is 4.42. The summed E-state index contributed by atoms with van der Waals surface area (Å²) in [6.07, 6.45) is 1.26. The lowest BCUT2D eigenvalue weighted by Crippen LogP contribution is -2.03. The molecule has 0 unspecified atom stereocenters. The lowest BCUT2D eigenvalue weighted by molar-refractivity contribution is 0.0980. The van der Waals surface area contributed by atoms with Crippen LogP contribution < -0.4 is 4.74 Å². The average Bonchev–Trinajstić information content (AvgIpc) is 2.48. The normalized spacial score (nSPS) is 10.3. The van der Waals surface area contributed by atoms with Crippen molar-refractivity contribution in [2.75, 3.05) is 7.11 Å². The molecule has 0 amide bonds. The first kappa shape index (κ1) is 14.3. The Kier molecular flexibility index (Phi) is 4.57. The van der Waals surface area contributed by atoms with E-state index in [1.165, 1.54) is 16.7 Å². The van der Waals surface area contributed by atoms with E-state index >= 15 is 0 Å². The summed E-state index contributed by atoms with van der Waals surface area (Å²) in [4.78, 5) is 12.3. The minimum absolute atomic E-state index is 0.126. The molecule has 2 aromatic carbocycles. The first-order valence-electron chi connectivity index (χ1n) is 6.84. The van der Waals surface area contributed by atoms with E-state index in [9.17, 15) is 4.79 Å². The molecule has 20 heavy (non-hydrogen) atoms. The number of carbonyl (C=O) groups is 1. The van der Waals surface area contributed by atoms with Crippen LogP contribution in [0.5, 0.6) is 5.75 Å². The molecule has 0 saturated heterocycles. The van der Waals surface area contributed by atoms with Crippen molar-refractivity contribution in [3.8, 4) is 5.75 Å². The van der Waals surface area contributed by atoms with Gasteiger partial charge in [-0.3, -0.25) is 4.79 Å². The highest BCUT2D eigenvalue weighted by molar-refractivity contribution is 5.98. The van der Waals surface area contributed by atoms with Gasteiger partial charge in [-0.25, -0.2) is 0 Å². The van der Waals surface area contributed by atoms with Gasteiger partial charge in [0.2, 0.25) is 0 Å². The second kappa shape index (κ2) is 6.38. The first-order valence-corrected chi connectivity index (χ1v) is 6.84. The lowest BCUT2D eigenvalue weighted by Gasteiger charge is -2.08. The van der Waals surface area contributed by atoms with Crippen molar-refractivity contribution in [3.05, 3.63) is 64.7 Å². The molecule has 0 aromatic heterocycles. The van der Waals surface area contributed by atoms with Gasteiger partial charge in [0.25, 0.3) is 0 Å².